The molecule has 2 aromatic rings. The fourth-order valence-corrected chi connectivity index (χ4v) is 3.87. The third-order valence-corrected chi connectivity index (χ3v) is 5.82. The number of nitrogens with zero attached hydrogens (tertiary/aromatic N) is 1. The zero-order valence-electron chi connectivity index (χ0n) is 19.1. The van der Waals surface area contributed by atoms with Crippen LogP contribution < -0.4 is 10.1 Å². The van der Waals surface area contributed by atoms with Crippen LogP contribution in [0.25, 0.3) is 0 Å². The van der Waals surface area contributed by atoms with Gasteiger partial charge in [-0.1, -0.05) is 57.5 Å². The zero-order valence-corrected chi connectivity index (χ0v) is 19.1. The maximum atomic E-state index is 12.4. The minimum absolute atomic E-state index is 0.000144. The molecule has 4 heteroatoms. The molecule has 1 aliphatic rings. The van der Waals surface area contributed by atoms with Gasteiger partial charge in [-0.2, -0.15) is 0 Å². The second kappa shape index (κ2) is 9.65. The minimum Gasteiger partial charge on any atom is -0.483 e. The highest BCUT2D eigenvalue weighted by Crippen LogP contribution is 2.32. The number of nitrogens with one attached hydrogen (secondary N) is 1. The van der Waals surface area contributed by atoms with Crippen LogP contribution >= 0.6 is 0 Å². The van der Waals surface area contributed by atoms with E-state index in [9.17, 15) is 4.79 Å². The molecule has 0 spiro atoms. The van der Waals surface area contributed by atoms with Crippen molar-refractivity contribution in [1.29, 1.82) is 0 Å². The van der Waals surface area contributed by atoms with E-state index in [4.69, 9.17) is 4.74 Å². The van der Waals surface area contributed by atoms with Gasteiger partial charge < -0.3 is 10.1 Å². The standard InChI is InChI=1S/C26H36N2O2/c1-19-12-14-28(15-13-19)17-21-7-9-22(10-8-21)27-25(29)18-30-24-11-6-20(2)16-23(24)26(3,4)5/h6-11,16,19H,12-15,17-18H2,1-5H3,(H,27,29). The Bertz CT molecular complexity index is 844. The van der Waals surface area contributed by atoms with Crippen molar-refractivity contribution in [3.63, 3.8) is 0 Å². The van der Waals surface area contributed by atoms with E-state index in [2.05, 4.69) is 63.0 Å². The van der Waals surface area contributed by atoms with Crippen molar-refractivity contribution in [2.24, 2.45) is 5.92 Å². The van der Waals surface area contributed by atoms with E-state index >= 15 is 0 Å². The summed E-state index contributed by atoms with van der Waals surface area (Å²) in [7, 11) is 0. The number of rotatable bonds is 6. The predicted molar refractivity (Wildman–Crippen MR) is 124 cm³/mol. The maximum Gasteiger partial charge on any atom is 0.262 e. The summed E-state index contributed by atoms with van der Waals surface area (Å²) in [6, 6.07) is 14.3. The lowest BCUT2D eigenvalue weighted by atomic mass is 9.85. The van der Waals surface area contributed by atoms with Crippen LogP contribution in [0.3, 0.4) is 0 Å². The second-order valence-corrected chi connectivity index (χ2v) is 9.74. The average molecular weight is 409 g/mol. The van der Waals surface area contributed by atoms with Gasteiger partial charge in [-0.15, -0.1) is 0 Å². The molecule has 1 aliphatic heterocycles. The molecule has 1 saturated heterocycles. The molecule has 0 bridgehead atoms. The van der Waals surface area contributed by atoms with E-state index in [1.165, 1.54) is 37.1 Å². The lowest BCUT2D eigenvalue weighted by molar-refractivity contribution is -0.118. The number of ether oxygens (including phenoxy) is 1. The van der Waals surface area contributed by atoms with E-state index < -0.39 is 0 Å². The Hall–Kier alpha value is -2.33. The average Bonchev–Trinajstić information content (AvgIpc) is 2.69. The SMILES string of the molecule is Cc1ccc(OCC(=O)Nc2ccc(CN3CCC(C)CC3)cc2)c(C(C)(C)C)c1. The molecule has 0 aliphatic carbocycles. The first-order chi connectivity index (χ1) is 14.2. The monoisotopic (exact) mass is 408 g/mol. The Balaban J connectivity index is 1.52. The first kappa shape index (κ1) is 22.4. The topological polar surface area (TPSA) is 41.6 Å². The van der Waals surface area contributed by atoms with Gasteiger partial charge in [0.25, 0.3) is 5.91 Å². The lowest BCUT2D eigenvalue weighted by Crippen LogP contribution is -2.32. The fraction of sp³-hybridized carbons (Fsp3) is 0.500. The molecule has 0 saturated carbocycles. The number of carbonyl (C=O) groups excluding carboxylic acids is 1. The van der Waals surface area contributed by atoms with Crippen molar-refractivity contribution in [3.8, 4) is 5.75 Å². The van der Waals surface area contributed by atoms with Crippen LogP contribution in [0.15, 0.2) is 42.5 Å². The molecule has 0 aromatic heterocycles. The number of piperidine rings is 1. The largest absolute Gasteiger partial charge is 0.483 e. The van der Waals surface area contributed by atoms with Gasteiger partial charge in [-0.25, -0.2) is 0 Å². The summed E-state index contributed by atoms with van der Waals surface area (Å²) >= 11 is 0. The summed E-state index contributed by atoms with van der Waals surface area (Å²) in [4.78, 5) is 14.9. The lowest BCUT2D eigenvalue weighted by Gasteiger charge is -2.30. The zero-order chi connectivity index (χ0) is 21.7. The molecule has 30 heavy (non-hydrogen) atoms. The van der Waals surface area contributed by atoms with Crippen LogP contribution in [0.1, 0.15) is 57.2 Å². The van der Waals surface area contributed by atoms with E-state index in [-0.39, 0.29) is 17.9 Å². The number of hydrogen-bond donors (Lipinski definition) is 1. The molecule has 0 unspecified atom stereocenters. The van der Waals surface area contributed by atoms with E-state index in [1.807, 2.05) is 24.3 Å². The highest BCUT2D eigenvalue weighted by Gasteiger charge is 2.20. The van der Waals surface area contributed by atoms with Gasteiger partial charge in [0.2, 0.25) is 0 Å². The molecule has 1 heterocycles. The maximum absolute atomic E-state index is 12.4. The molecular weight excluding hydrogens is 372 g/mol. The van der Waals surface area contributed by atoms with Crippen LogP contribution in [-0.2, 0) is 16.8 Å². The van der Waals surface area contributed by atoms with Gasteiger partial charge in [0.15, 0.2) is 6.61 Å². The highest BCUT2D eigenvalue weighted by molar-refractivity contribution is 5.91. The Kier molecular flexibility index (Phi) is 7.19. The molecule has 4 nitrogen and oxygen atoms in total. The van der Waals surface area contributed by atoms with Crippen molar-refractivity contribution in [2.45, 2.75) is 59.4 Å². The van der Waals surface area contributed by atoms with Crippen molar-refractivity contribution >= 4 is 11.6 Å². The molecule has 0 radical (unpaired) electrons. The van der Waals surface area contributed by atoms with Crippen LogP contribution in [0.5, 0.6) is 5.75 Å². The Morgan fingerprint density at radius 3 is 2.40 bits per heavy atom. The minimum atomic E-state index is -0.145. The first-order valence-corrected chi connectivity index (χ1v) is 11.1. The quantitative estimate of drug-likeness (QED) is 0.682. The molecule has 1 fully saturated rings. The van der Waals surface area contributed by atoms with Crippen LogP contribution in [0.4, 0.5) is 5.69 Å². The molecule has 2 aromatic carbocycles. The van der Waals surface area contributed by atoms with E-state index in [1.54, 1.807) is 0 Å². The molecule has 162 valence electrons. The summed E-state index contributed by atoms with van der Waals surface area (Å²) < 4.78 is 5.87. The summed E-state index contributed by atoms with van der Waals surface area (Å²) in [6.07, 6.45) is 2.57. The summed E-state index contributed by atoms with van der Waals surface area (Å²) in [6.45, 7) is 14.2. The van der Waals surface area contributed by atoms with Crippen LogP contribution in [-0.4, -0.2) is 30.5 Å². The normalized spacial score (nSPS) is 15.8. The van der Waals surface area contributed by atoms with Crippen molar-refractivity contribution < 1.29 is 9.53 Å². The number of hydrogen-bond acceptors (Lipinski definition) is 3. The van der Waals surface area contributed by atoms with E-state index in [0.717, 1.165) is 29.5 Å². The van der Waals surface area contributed by atoms with E-state index in [0.29, 0.717) is 0 Å². The third-order valence-electron chi connectivity index (χ3n) is 5.82. The van der Waals surface area contributed by atoms with Gasteiger partial charge in [-0.05, 0) is 73.5 Å². The number of anilines is 1. The molecule has 3 rings (SSSR count). The molecule has 1 amide bonds. The smallest absolute Gasteiger partial charge is 0.262 e. The molecule has 1 N–H and O–H groups in total. The highest BCUT2D eigenvalue weighted by atomic mass is 16.5. The fourth-order valence-electron chi connectivity index (χ4n) is 3.87. The van der Waals surface area contributed by atoms with Crippen molar-refractivity contribution in [2.75, 3.05) is 25.0 Å². The Morgan fingerprint density at radius 1 is 1.10 bits per heavy atom. The number of carbonyl (C=O) groups is 1. The Labute approximate surface area is 181 Å². The second-order valence-electron chi connectivity index (χ2n) is 9.74. The first-order valence-electron chi connectivity index (χ1n) is 11.1. The number of amides is 1. The number of benzene rings is 2. The van der Waals surface area contributed by atoms with Gasteiger partial charge in [0.05, 0.1) is 0 Å². The van der Waals surface area contributed by atoms with Crippen molar-refractivity contribution in [3.05, 3.63) is 59.2 Å². The molecular formula is C26H36N2O2. The van der Waals surface area contributed by atoms with Gasteiger partial charge in [-0.3, -0.25) is 9.69 Å². The summed E-state index contributed by atoms with van der Waals surface area (Å²) in [5.41, 5.74) is 4.36. The summed E-state index contributed by atoms with van der Waals surface area (Å²) in [5, 5.41) is 2.94. The number of aryl methyl sites for hydroxylation is 1. The number of likely N-dealkylation sites (tertiary alicyclic amines) is 1. The Morgan fingerprint density at radius 2 is 1.77 bits per heavy atom. The predicted octanol–water partition coefficient (Wildman–Crippen LogP) is 5.54. The van der Waals surface area contributed by atoms with Crippen molar-refractivity contribution in [1.82, 2.24) is 4.90 Å². The third kappa shape index (κ3) is 6.33. The van der Waals surface area contributed by atoms with Crippen LogP contribution in [0, 0.1) is 12.8 Å². The van der Waals surface area contributed by atoms with Gasteiger partial charge in [0.1, 0.15) is 5.75 Å². The van der Waals surface area contributed by atoms with Gasteiger partial charge >= 0.3 is 0 Å². The van der Waals surface area contributed by atoms with Gasteiger partial charge in [0, 0.05) is 12.2 Å². The van der Waals surface area contributed by atoms with Crippen LogP contribution in [0.2, 0.25) is 0 Å². The summed E-state index contributed by atoms with van der Waals surface area (Å²) in [5.74, 6) is 1.48. The molecule has 0 atom stereocenters.